The number of benzene rings is 2. The fraction of sp³-hybridized carbons (Fsp3) is 0.278. The van der Waals surface area contributed by atoms with Gasteiger partial charge < -0.3 is 10.6 Å². The van der Waals surface area contributed by atoms with Crippen LogP contribution in [0.25, 0.3) is 0 Å². The lowest BCUT2D eigenvalue weighted by Gasteiger charge is -2.17. The number of nitro benzene ring substituents is 1. The third-order valence-electron chi connectivity index (χ3n) is 3.92. The number of thiocarbonyl (C=S) groups is 1. The minimum absolute atomic E-state index is 0.0126. The molecule has 0 fully saturated rings. The van der Waals surface area contributed by atoms with Crippen LogP contribution in [-0.2, 0) is 12.8 Å². The Labute approximate surface area is 147 Å². The van der Waals surface area contributed by atoms with Crippen LogP contribution in [0.1, 0.15) is 30.5 Å². The van der Waals surface area contributed by atoms with Crippen LogP contribution in [0.15, 0.2) is 36.4 Å². The number of nitro groups is 1. The van der Waals surface area contributed by atoms with Gasteiger partial charge in [0, 0.05) is 11.8 Å². The van der Waals surface area contributed by atoms with Crippen LogP contribution in [0, 0.1) is 17.0 Å². The summed E-state index contributed by atoms with van der Waals surface area (Å²) >= 11 is 5.39. The molecule has 126 valence electrons. The number of hydrogen-bond acceptors (Lipinski definition) is 3. The summed E-state index contributed by atoms with van der Waals surface area (Å²) in [5.41, 5.74) is 4.52. The minimum Gasteiger partial charge on any atom is -0.332 e. The fourth-order valence-corrected chi connectivity index (χ4v) is 2.83. The second kappa shape index (κ2) is 7.88. The summed E-state index contributed by atoms with van der Waals surface area (Å²) in [5, 5.41) is 17.8. The normalized spacial score (nSPS) is 10.3. The Kier molecular flexibility index (Phi) is 5.87. The number of nitrogens with zero attached hydrogens (tertiary/aromatic N) is 1. The third-order valence-corrected chi connectivity index (χ3v) is 4.13. The van der Waals surface area contributed by atoms with Gasteiger partial charge in [0.25, 0.3) is 5.69 Å². The van der Waals surface area contributed by atoms with Gasteiger partial charge in [-0.15, -0.1) is 0 Å². The van der Waals surface area contributed by atoms with Gasteiger partial charge in [-0.1, -0.05) is 44.2 Å². The first-order valence-electron chi connectivity index (χ1n) is 7.90. The molecule has 2 N–H and O–H groups in total. The maximum absolute atomic E-state index is 11.2. The number of rotatable bonds is 5. The van der Waals surface area contributed by atoms with Crippen molar-refractivity contribution in [3.05, 3.63) is 63.2 Å². The molecule has 0 aliphatic heterocycles. The van der Waals surface area contributed by atoms with E-state index in [1.165, 1.54) is 6.07 Å². The van der Waals surface area contributed by atoms with Gasteiger partial charge in [0.05, 0.1) is 4.92 Å². The molecule has 24 heavy (non-hydrogen) atoms. The summed E-state index contributed by atoms with van der Waals surface area (Å²) in [6, 6.07) is 11.1. The van der Waals surface area contributed by atoms with Gasteiger partial charge in [-0.2, -0.15) is 0 Å². The van der Waals surface area contributed by atoms with E-state index < -0.39 is 4.92 Å². The molecular weight excluding hydrogens is 322 g/mol. The molecule has 2 aromatic rings. The van der Waals surface area contributed by atoms with E-state index in [4.69, 9.17) is 12.2 Å². The highest BCUT2D eigenvalue weighted by molar-refractivity contribution is 7.80. The van der Waals surface area contributed by atoms with Gasteiger partial charge in [0.1, 0.15) is 5.69 Å². The standard InChI is InChI=1S/C18H21N3O2S/c1-4-13-9-7-10-14(5-2)17(13)20-18(24)19-16-12(3)8-6-11-15(16)21(22)23/h6-11H,4-5H2,1-3H3,(H2,19,20,24). The zero-order valence-electron chi connectivity index (χ0n) is 14.1. The molecule has 0 aromatic heterocycles. The number of anilines is 2. The van der Waals surface area contributed by atoms with Crippen LogP contribution >= 0.6 is 12.2 Å². The molecule has 5 nitrogen and oxygen atoms in total. The zero-order chi connectivity index (χ0) is 17.7. The first-order valence-corrected chi connectivity index (χ1v) is 8.31. The van der Waals surface area contributed by atoms with Crippen LogP contribution < -0.4 is 10.6 Å². The molecular formula is C18H21N3O2S. The molecule has 2 rings (SSSR count). The molecule has 0 aliphatic carbocycles. The van der Waals surface area contributed by atoms with Crippen molar-refractivity contribution in [2.24, 2.45) is 0 Å². The van der Waals surface area contributed by atoms with Crippen LogP contribution in [0.5, 0.6) is 0 Å². The maximum Gasteiger partial charge on any atom is 0.293 e. The van der Waals surface area contributed by atoms with Gasteiger partial charge in [-0.3, -0.25) is 10.1 Å². The van der Waals surface area contributed by atoms with Crippen molar-refractivity contribution in [1.82, 2.24) is 0 Å². The summed E-state index contributed by atoms with van der Waals surface area (Å²) in [6.45, 7) is 5.99. The summed E-state index contributed by atoms with van der Waals surface area (Å²) in [5.74, 6) is 0. The van der Waals surface area contributed by atoms with E-state index in [1.54, 1.807) is 6.07 Å². The first kappa shape index (κ1) is 17.9. The molecule has 0 amide bonds. The predicted molar refractivity (Wildman–Crippen MR) is 103 cm³/mol. The molecule has 2 aromatic carbocycles. The van der Waals surface area contributed by atoms with E-state index in [2.05, 4.69) is 36.6 Å². The lowest BCUT2D eigenvalue weighted by atomic mass is 10.0. The molecule has 0 atom stereocenters. The topological polar surface area (TPSA) is 67.2 Å². The van der Waals surface area contributed by atoms with E-state index in [9.17, 15) is 10.1 Å². The van der Waals surface area contributed by atoms with Crippen molar-refractivity contribution in [3.63, 3.8) is 0 Å². The van der Waals surface area contributed by atoms with Crippen LogP contribution in [-0.4, -0.2) is 10.0 Å². The monoisotopic (exact) mass is 343 g/mol. The molecule has 0 radical (unpaired) electrons. The smallest absolute Gasteiger partial charge is 0.293 e. The van der Waals surface area contributed by atoms with Gasteiger partial charge in [0.15, 0.2) is 5.11 Å². The minimum atomic E-state index is -0.407. The van der Waals surface area contributed by atoms with Crippen molar-refractivity contribution < 1.29 is 4.92 Å². The molecule has 0 spiro atoms. The van der Waals surface area contributed by atoms with Crippen molar-refractivity contribution in [2.75, 3.05) is 10.6 Å². The van der Waals surface area contributed by atoms with Crippen LogP contribution in [0.4, 0.5) is 17.1 Å². The maximum atomic E-state index is 11.2. The molecule has 0 aliphatic rings. The molecule has 6 heteroatoms. The van der Waals surface area contributed by atoms with E-state index in [-0.39, 0.29) is 5.69 Å². The second-order valence-corrected chi connectivity index (χ2v) is 5.87. The molecule has 0 unspecified atom stereocenters. The van der Waals surface area contributed by atoms with Crippen molar-refractivity contribution in [1.29, 1.82) is 0 Å². The Balaban J connectivity index is 2.29. The summed E-state index contributed by atoms with van der Waals surface area (Å²) in [6.07, 6.45) is 1.76. The highest BCUT2D eigenvalue weighted by Gasteiger charge is 2.17. The average Bonchev–Trinajstić information content (AvgIpc) is 2.56. The highest BCUT2D eigenvalue weighted by Crippen LogP contribution is 2.28. The first-order chi connectivity index (χ1) is 11.5. The number of nitrogens with one attached hydrogen (secondary N) is 2. The number of hydrogen-bond donors (Lipinski definition) is 2. The Morgan fingerprint density at radius 1 is 1.04 bits per heavy atom. The second-order valence-electron chi connectivity index (χ2n) is 5.46. The summed E-state index contributed by atoms with van der Waals surface area (Å²) < 4.78 is 0. The lowest BCUT2D eigenvalue weighted by molar-refractivity contribution is -0.383. The largest absolute Gasteiger partial charge is 0.332 e. The van der Waals surface area contributed by atoms with Crippen molar-refractivity contribution >= 4 is 34.4 Å². The average molecular weight is 343 g/mol. The van der Waals surface area contributed by atoms with E-state index >= 15 is 0 Å². The van der Waals surface area contributed by atoms with Crippen molar-refractivity contribution in [3.8, 4) is 0 Å². The van der Waals surface area contributed by atoms with Gasteiger partial charge in [-0.05, 0) is 48.7 Å². The van der Waals surface area contributed by atoms with Crippen molar-refractivity contribution in [2.45, 2.75) is 33.6 Å². The SMILES string of the molecule is CCc1cccc(CC)c1NC(=S)Nc1c(C)cccc1[N+](=O)[O-]. The lowest BCUT2D eigenvalue weighted by Crippen LogP contribution is -2.22. The highest BCUT2D eigenvalue weighted by atomic mass is 32.1. The summed E-state index contributed by atoms with van der Waals surface area (Å²) in [4.78, 5) is 10.8. The molecule has 0 saturated heterocycles. The van der Waals surface area contributed by atoms with E-state index in [0.29, 0.717) is 10.8 Å². The van der Waals surface area contributed by atoms with Gasteiger partial charge in [0.2, 0.25) is 0 Å². The quantitative estimate of drug-likeness (QED) is 0.462. The number of para-hydroxylation sites is 2. The van der Waals surface area contributed by atoms with Crippen LogP contribution in [0.3, 0.4) is 0 Å². The van der Waals surface area contributed by atoms with E-state index in [0.717, 1.165) is 35.2 Å². The predicted octanol–water partition coefficient (Wildman–Crippen LogP) is 4.84. The molecule has 0 saturated carbocycles. The third kappa shape index (κ3) is 3.89. The Hall–Kier alpha value is -2.47. The fourth-order valence-electron chi connectivity index (χ4n) is 2.63. The summed E-state index contributed by atoms with van der Waals surface area (Å²) in [7, 11) is 0. The van der Waals surface area contributed by atoms with Gasteiger partial charge >= 0.3 is 0 Å². The van der Waals surface area contributed by atoms with Crippen LogP contribution in [0.2, 0.25) is 0 Å². The van der Waals surface area contributed by atoms with Gasteiger partial charge in [-0.25, -0.2) is 0 Å². The molecule has 0 bridgehead atoms. The Morgan fingerprint density at radius 2 is 1.58 bits per heavy atom. The number of aryl methyl sites for hydroxylation is 3. The zero-order valence-corrected chi connectivity index (χ0v) is 14.9. The Morgan fingerprint density at radius 3 is 2.12 bits per heavy atom. The van der Waals surface area contributed by atoms with E-state index in [1.807, 2.05) is 19.1 Å². The Bertz CT molecular complexity index is 753. The molecule has 0 heterocycles.